The number of likely N-dealkylation sites (tertiary alicyclic amines) is 1. The quantitative estimate of drug-likeness (QED) is 0.618. The molecule has 1 rings (SSSR count). The molecule has 0 bridgehead atoms. The van der Waals surface area contributed by atoms with Gasteiger partial charge in [0.15, 0.2) is 0 Å². The Hall–Kier alpha value is -0.280. The van der Waals surface area contributed by atoms with Crippen molar-refractivity contribution in [2.24, 2.45) is 0 Å². The summed E-state index contributed by atoms with van der Waals surface area (Å²) in [5.74, 6) is -0.685. The molecule has 0 aromatic rings. The number of nitrogens with zero attached hydrogens (tertiary/aromatic N) is 1. The van der Waals surface area contributed by atoms with E-state index in [-0.39, 0.29) is 18.4 Å². The number of carbonyl (C=O) groups is 1. The molecule has 1 aliphatic heterocycles. The molecule has 10 heavy (non-hydrogen) atoms. The van der Waals surface area contributed by atoms with Crippen molar-refractivity contribution >= 4 is 18.4 Å². The molecular weight excluding hydrogens is 154 g/mol. The van der Waals surface area contributed by atoms with Gasteiger partial charge in [-0.15, -0.1) is 12.4 Å². The summed E-state index contributed by atoms with van der Waals surface area (Å²) in [7, 11) is 1.85. The van der Waals surface area contributed by atoms with Gasteiger partial charge in [0, 0.05) is 0 Å². The highest BCUT2D eigenvalue weighted by Crippen LogP contribution is 2.13. The normalized spacial score (nSPS) is 25.9. The number of likely N-dealkylation sites (N-methyl/N-ethyl adjacent to an activating group) is 1. The standard InChI is InChI=1S/C6H11NO2.ClH/c1-7-4-2-3-5(7)6(8)9;/h5H,2-4H2,1H3,(H,8,9);1H/t5-;/m0./s1. The molecule has 0 aliphatic carbocycles. The van der Waals surface area contributed by atoms with Gasteiger partial charge in [0.05, 0.1) is 0 Å². The van der Waals surface area contributed by atoms with Gasteiger partial charge in [-0.1, -0.05) is 0 Å². The maximum Gasteiger partial charge on any atom is 0.320 e. The summed E-state index contributed by atoms with van der Waals surface area (Å²) in [5, 5.41) is 8.54. The lowest BCUT2D eigenvalue weighted by molar-refractivity contribution is -0.141. The molecule has 60 valence electrons. The minimum atomic E-state index is -0.685. The summed E-state index contributed by atoms with van der Waals surface area (Å²) in [6, 6.07) is -0.218. The highest BCUT2D eigenvalue weighted by atomic mass is 35.5. The van der Waals surface area contributed by atoms with Crippen LogP contribution in [0.2, 0.25) is 0 Å². The van der Waals surface area contributed by atoms with Crippen LogP contribution >= 0.6 is 12.4 Å². The Morgan fingerprint density at radius 2 is 2.30 bits per heavy atom. The van der Waals surface area contributed by atoms with Gasteiger partial charge in [0.2, 0.25) is 0 Å². The fourth-order valence-electron chi connectivity index (χ4n) is 1.22. The third-order valence-electron chi connectivity index (χ3n) is 1.81. The second-order valence-electron chi connectivity index (χ2n) is 2.48. The zero-order valence-electron chi connectivity index (χ0n) is 5.91. The second-order valence-corrected chi connectivity index (χ2v) is 2.48. The predicted molar refractivity (Wildman–Crippen MR) is 40.5 cm³/mol. The van der Waals surface area contributed by atoms with Crippen LogP contribution in [0, 0.1) is 0 Å². The van der Waals surface area contributed by atoms with Crippen LogP contribution in [0.5, 0.6) is 0 Å². The summed E-state index contributed by atoms with van der Waals surface area (Å²) < 4.78 is 0. The smallest absolute Gasteiger partial charge is 0.320 e. The fraction of sp³-hybridized carbons (Fsp3) is 0.833. The molecule has 1 atom stereocenters. The topological polar surface area (TPSA) is 40.5 Å². The zero-order chi connectivity index (χ0) is 6.85. The Kier molecular flexibility index (Phi) is 3.68. The molecular formula is C6H12ClNO2. The number of hydrogen-bond donors (Lipinski definition) is 1. The lowest BCUT2D eigenvalue weighted by Gasteiger charge is -2.13. The molecule has 0 saturated carbocycles. The maximum atomic E-state index is 10.4. The molecule has 0 spiro atoms. The van der Waals surface area contributed by atoms with E-state index in [4.69, 9.17) is 5.11 Å². The van der Waals surface area contributed by atoms with E-state index in [1.165, 1.54) is 0 Å². The number of hydrogen-bond acceptors (Lipinski definition) is 2. The first-order valence-electron chi connectivity index (χ1n) is 3.15. The van der Waals surface area contributed by atoms with Crippen LogP contribution in [0.4, 0.5) is 0 Å². The minimum absolute atomic E-state index is 0. The summed E-state index contributed by atoms with van der Waals surface area (Å²) in [4.78, 5) is 12.2. The number of rotatable bonds is 1. The second kappa shape index (κ2) is 3.78. The van der Waals surface area contributed by atoms with Gasteiger partial charge < -0.3 is 5.11 Å². The highest BCUT2D eigenvalue weighted by Gasteiger charge is 2.26. The van der Waals surface area contributed by atoms with Crippen molar-refractivity contribution in [1.29, 1.82) is 0 Å². The maximum absolute atomic E-state index is 10.4. The average Bonchev–Trinajstić information content (AvgIpc) is 2.13. The van der Waals surface area contributed by atoms with Crippen LogP contribution in [0.1, 0.15) is 12.8 Å². The Morgan fingerprint density at radius 3 is 2.50 bits per heavy atom. The van der Waals surface area contributed by atoms with Crippen molar-refractivity contribution < 1.29 is 9.90 Å². The minimum Gasteiger partial charge on any atom is -0.480 e. The van der Waals surface area contributed by atoms with E-state index in [0.717, 1.165) is 19.4 Å². The number of aliphatic carboxylic acids is 1. The first kappa shape index (κ1) is 9.72. The van der Waals surface area contributed by atoms with Crippen molar-refractivity contribution in [2.75, 3.05) is 13.6 Å². The first-order valence-corrected chi connectivity index (χ1v) is 3.15. The van der Waals surface area contributed by atoms with Gasteiger partial charge in [0.1, 0.15) is 6.04 Å². The molecule has 0 aromatic carbocycles. The Morgan fingerprint density at radius 1 is 1.70 bits per heavy atom. The van der Waals surface area contributed by atoms with Crippen LogP contribution < -0.4 is 0 Å². The SMILES string of the molecule is CN1CCC[C@H]1C(=O)O.Cl. The van der Waals surface area contributed by atoms with Gasteiger partial charge in [-0.25, -0.2) is 0 Å². The molecule has 1 aliphatic rings. The molecule has 1 saturated heterocycles. The highest BCUT2D eigenvalue weighted by molar-refractivity contribution is 5.85. The van der Waals surface area contributed by atoms with Gasteiger partial charge in [0.25, 0.3) is 0 Å². The summed E-state index contributed by atoms with van der Waals surface area (Å²) in [6.45, 7) is 0.928. The Balaban J connectivity index is 0.000000810. The monoisotopic (exact) mass is 165 g/mol. The molecule has 0 unspecified atom stereocenters. The molecule has 3 nitrogen and oxygen atoms in total. The van der Waals surface area contributed by atoms with Crippen LogP contribution in [0.25, 0.3) is 0 Å². The lowest BCUT2D eigenvalue weighted by Crippen LogP contribution is -2.32. The van der Waals surface area contributed by atoms with Crippen LogP contribution in [0.3, 0.4) is 0 Å². The zero-order valence-corrected chi connectivity index (χ0v) is 6.73. The number of halogens is 1. The van der Waals surface area contributed by atoms with E-state index in [1.807, 2.05) is 11.9 Å². The molecule has 1 N–H and O–H groups in total. The van der Waals surface area contributed by atoms with E-state index in [2.05, 4.69) is 0 Å². The summed E-state index contributed by atoms with van der Waals surface area (Å²) in [5.41, 5.74) is 0. The molecule has 0 radical (unpaired) electrons. The van der Waals surface area contributed by atoms with Crippen molar-refractivity contribution in [3.05, 3.63) is 0 Å². The summed E-state index contributed by atoms with van der Waals surface area (Å²) >= 11 is 0. The third kappa shape index (κ3) is 1.85. The fourth-order valence-corrected chi connectivity index (χ4v) is 1.22. The third-order valence-corrected chi connectivity index (χ3v) is 1.81. The Labute approximate surface area is 66.4 Å². The number of carboxylic acid groups (broad SMARTS) is 1. The molecule has 1 heterocycles. The van der Waals surface area contributed by atoms with E-state index in [9.17, 15) is 4.79 Å². The van der Waals surface area contributed by atoms with Gasteiger partial charge >= 0.3 is 5.97 Å². The van der Waals surface area contributed by atoms with E-state index >= 15 is 0 Å². The molecule has 4 heteroatoms. The van der Waals surface area contributed by atoms with Crippen molar-refractivity contribution in [1.82, 2.24) is 4.90 Å². The molecule has 0 aromatic heterocycles. The van der Waals surface area contributed by atoms with E-state index < -0.39 is 5.97 Å². The van der Waals surface area contributed by atoms with E-state index in [1.54, 1.807) is 0 Å². The van der Waals surface area contributed by atoms with Gasteiger partial charge in [-0.3, -0.25) is 9.69 Å². The first-order chi connectivity index (χ1) is 4.22. The average molecular weight is 166 g/mol. The molecule has 0 amide bonds. The van der Waals surface area contributed by atoms with Crippen LogP contribution in [-0.4, -0.2) is 35.6 Å². The Bertz CT molecular complexity index is 129. The van der Waals surface area contributed by atoms with Gasteiger partial charge in [-0.2, -0.15) is 0 Å². The van der Waals surface area contributed by atoms with Crippen LogP contribution in [-0.2, 0) is 4.79 Å². The van der Waals surface area contributed by atoms with Crippen LogP contribution in [0.15, 0.2) is 0 Å². The largest absolute Gasteiger partial charge is 0.480 e. The predicted octanol–water partition coefficient (Wildman–Crippen LogP) is 0.587. The summed E-state index contributed by atoms with van der Waals surface area (Å²) in [6.07, 6.45) is 1.83. The van der Waals surface area contributed by atoms with Crippen molar-refractivity contribution in [2.45, 2.75) is 18.9 Å². The lowest BCUT2D eigenvalue weighted by atomic mass is 10.2. The molecule has 1 fully saturated rings. The van der Waals surface area contributed by atoms with Crippen molar-refractivity contribution in [3.63, 3.8) is 0 Å². The van der Waals surface area contributed by atoms with Gasteiger partial charge in [-0.05, 0) is 26.4 Å². The number of carboxylic acids is 1. The van der Waals surface area contributed by atoms with E-state index in [0.29, 0.717) is 0 Å². The van der Waals surface area contributed by atoms with Crippen molar-refractivity contribution in [3.8, 4) is 0 Å².